The van der Waals surface area contributed by atoms with E-state index in [0.29, 0.717) is 11.5 Å². The van der Waals surface area contributed by atoms with Crippen LogP contribution in [0.4, 0.5) is 11.4 Å². The summed E-state index contributed by atoms with van der Waals surface area (Å²) in [6.07, 6.45) is 0. The lowest BCUT2D eigenvalue weighted by atomic mass is 10.1. The highest BCUT2D eigenvalue weighted by molar-refractivity contribution is 7.92. The number of ether oxygens (including phenoxy) is 2. The topological polar surface area (TPSA) is 114 Å². The van der Waals surface area contributed by atoms with Crippen molar-refractivity contribution in [2.24, 2.45) is 0 Å². The molecule has 10 heteroatoms. The SMILES string of the molecule is COc1ccc(N(CC(=O)Nc2ccccc2C(=O)NC(C)(C)C)S(=O)(=O)c2ccc(C)cc2)cc1OC. The van der Waals surface area contributed by atoms with Crippen LogP contribution in [0.15, 0.2) is 71.6 Å². The number of hydrogen-bond acceptors (Lipinski definition) is 6. The van der Waals surface area contributed by atoms with E-state index in [9.17, 15) is 18.0 Å². The molecule has 0 aromatic heterocycles. The van der Waals surface area contributed by atoms with Crippen molar-refractivity contribution in [1.29, 1.82) is 0 Å². The van der Waals surface area contributed by atoms with Gasteiger partial charge in [-0.2, -0.15) is 0 Å². The van der Waals surface area contributed by atoms with Crippen molar-refractivity contribution in [2.75, 3.05) is 30.4 Å². The molecule has 2 amide bonds. The summed E-state index contributed by atoms with van der Waals surface area (Å²) in [6, 6.07) is 17.5. The van der Waals surface area contributed by atoms with Gasteiger partial charge in [0.05, 0.1) is 36.1 Å². The number of methoxy groups -OCH3 is 2. The van der Waals surface area contributed by atoms with E-state index < -0.39 is 28.0 Å². The Bertz CT molecular complexity index is 1410. The summed E-state index contributed by atoms with van der Waals surface area (Å²) in [5, 5.41) is 5.57. The molecule has 0 atom stereocenters. The first-order chi connectivity index (χ1) is 17.9. The van der Waals surface area contributed by atoms with E-state index in [-0.39, 0.29) is 27.7 Å². The van der Waals surface area contributed by atoms with E-state index in [0.717, 1.165) is 9.87 Å². The van der Waals surface area contributed by atoms with Crippen LogP contribution < -0.4 is 24.4 Å². The molecule has 202 valence electrons. The van der Waals surface area contributed by atoms with Crippen LogP contribution in [0, 0.1) is 6.92 Å². The van der Waals surface area contributed by atoms with E-state index in [4.69, 9.17) is 9.47 Å². The second kappa shape index (κ2) is 11.6. The molecule has 3 aromatic carbocycles. The van der Waals surface area contributed by atoms with Crippen molar-refractivity contribution in [3.05, 3.63) is 77.9 Å². The first-order valence-electron chi connectivity index (χ1n) is 11.9. The molecule has 0 heterocycles. The minimum Gasteiger partial charge on any atom is -0.493 e. The van der Waals surface area contributed by atoms with Crippen molar-refractivity contribution >= 4 is 33.2 Å². The van der Waals surface area contributed by atoms with Crippen molar-refractivity contribution in [3.8, 4) is 11.5 Å². The molecular formula is C28H33N3O6S. The van der Waals surface area contributed by atoms with Crippen LogP contribution in [-0.2, 0) is 14.8 Å². The van der Waals surface area contributed by atoms with Crippen LogP contribution >= 0.6 is 0 Å². The molecule has 3 rings (SSSR count). The van der Waals surface area contributed by atoms with Gasteiger partial charge in [-0.3, -0.25) is 13.9 Å². The number of amides is 2. The van der Waals surface area contributed by atoms with Crippen molar-refractivity contribution in [1.82, 2.24) is 5.32 Å². The molecule has 0 radical (unpaired) electrons. The average Bonchev–Trinajstić information content (AvgIpc) is 2.86. The molecule has 0 spiro atoms. The quantitative estimate of drug-likeness (QED) is 0.417. The van der Waals surface area contributed by atoms with Gasteiger partial charge in [0.25, 0.3) is 15.9 Å². The lowest BCUT2D eigenvalue weighted by Gasteiger charge is -2.25. The van der Waals surface area contributed by atoms with Gasteiger partial charge in [0.1, 0.15) is 6.54 Å². The number of nitrogens with zero attached hydrogens (tertiary/aromatic N) is 1. The van der Waals surface area contributed by atoms with Gasteiger partial charge in [0.2, 0.25) is 5.91 Å². The number of benzene rings is 3. The van der Waals surface area contributed by atoms with Crippen molar-refractivity contribution < 1.29 is 27.5 Å². The molecule has 0 aliphatic carbocycles. The van der Waals surface area contributed by atoms with Crippen LogP contribution in [0.2, 0.25) is 0 Å². The summed E-state index contributed by atoms with van der Waals surface area (Å²) in [4.78, 5) is 26.1. The first-order valence-corrected chi connectivity index (χ1v) is 13.3. The standard InChI is InChI=1S/C28H33N3O6S/c1-19-11-14-21(15-12-19)38(34,35)31(20-13-16-24(36-5)25(17-20)37-6)18-26(32)29-23-10-8-7-9-22(23)27(33)30-28(2,3)4/h7-17H,18H2,1-6H3,(H,29,32)(H,30,33). The fourth-order valence-corrected chi connectivity index (χ4v) is 5.06. The highest BCUT2D eigenvalue weighted by Crippen LogP contribution is 2.34. The fourth-order valence-electron chi connectivity index (χ4n) is 3.65. The molecule has 0 saturated carbocycles. The van der Waals surface area contributed by atoms with Gasteiger partial charge in [-0.05, 0) is 64.1 Å². The fraction of sp³-hybridized carbons (Fsp3) is 0.286. The Morgan fingerprint density at radius 3 is 2.13 bits per heavy atom. The maximum Gasteiger partial charge on any atom is 0.264 e. The number of rotatable bonds is 9. The third kappa shape index (κ3) is 6.83. The Kier molecular flexibility index (Phi) is 8.67. The lowest BCUT2D eigenvalue weighted by Crippen LogP contribution is -2.41. The molecule has 0 aliphatic heterocycles. The smallest absolute Gasteiger partial charge is 0.264 e. The van der Waals surface area contributed by atoms with Gasteiger partial charge in [0, 0.05) is 11.6 Å². The molecule has 0 saturated heterocycles. The third-order valence-electron chi connectivity index (χ3n) is 5.49. The molecule has 0 aliphatic rings. The van der Waals surface area contributed by atoms with Crippen molar-refractivity contribution in [2.45, 2.75) is 38.1 Å². The van der Waals surface area contributed by atoms with E-state index in [1.54, 1.807) is 42.5 Å². The number of carbonyl (C=O) groups is 2. The van der Waals surface area contributed by atoms with Crippen LogP contribution in [0.3, 0.4) is 0 Å². The number of anilines is 2. The number of sulfonamides is 1. The molecule has 2 N–H and O–H groups in total. The molecule has 0 fully saturated rings. The van der Waals surface area contributed by atoms with E-state index in [2.05, 4.69) is 10.6 Å². The second-order valence-electron chi connectivity index (χ2n) is 9.66. The maximum atomic E-state index is 13.7. The van der Waals surface area contributed by atoms with E-state index in [1.165, 1.54) is 38.5 Å². The number of aryl methyl sites for hydroxylation is 1. The number of carbonyl (C=O) groups excluding carboxylic acids is 2. The van der Waals surface area contributed by atoms with Crippen LogP contribution in [0.5, 0.6) is 11.5 Å². The monoisotopic (exact) mass is 539 g/mol. The summed E-state index contributed by atoms with van der Waals surface area (Å²) in [7, 11) is -1.25. The second-order valence-corrected chi connectivity index (χ2v) is 11.5. The molecule has 38 heavy (non-hydrogen) atoms. The van der Waals surface area contributed by atoms with Crippen LogP contribution in [-0.4, -0.2) is 46.5 Å². The summed E-state index contributed by atoms with van der Waals surface area (Å²) in [5.41, 5.74) is 1.14. The van der Waals surface area contributed by atoms with Crippen LogP contribution in [0.1, 0.15) is 36.7 Å². The first kappa shape index (κ1) is 28.5. The van der Waals surface area contributed by atoms with Gasteiger partial charge in [0.15, 0.2) is 11.5 Å². The Labute approximate surface area is 223 Å². The Morgan fingerprint density at radius 2 is 1.53 bits per heavy atom. The maximum absolute atomic E-state index is 13.7. The molecular weight excluding hydrogens is 506 g/mol. The zero-order chi connectivity index (χ0) is 28.1. The van der Waals surface area contributed by atoms with Gasteiger partial charge in [-0.15, -0.1) is 0 Å². The van der Waals surface area contributed by atoms with Gasteiger partial charge >= 0.3 is 0 Å². The predicted octanol–water partition coefficient (Wildman–Crippen LogP) is 4.37. The number of para-hydroxylation sites is 1. The summed E-state index contributed by atoms with van der Waals surface area (Å²) in [6.45, 7) is 6.85. The van der Waals surface area contributed by atoms with Crippen molar-refractivity contribution in [3.63, 3.8) is 0 Å². The summed E-state index contributed by atoms with van der Waals surface area (Å²) < 4.78 is 39.1. The van der Waals surface area contributed by atoms with E-state index in [1.807, 2.05) is 27.7 Å². The average molecular weight is 540 g/mol. The van der Waals surface area contributed by atoms with Gasteiger partial charge < -0.3 is 20.1 Å². The normalized spacial score (nSPS) is 11.4. The zero-order valence-electron chi connectivity index (χ0n) is 22.4. The predicted molar refractivity (Wildman–Crippen MR) is 148 cm³/mol. The molecule has 3 aromatic rings. The highest BCUT2D eigenvalue weighted by Gasteiger charge is 2.29. The van der Waals surface area contributed by atoms with Crippen LogP contribution in [0.25, 0.3) is 0 Å². The largest absolute Gasteiger partial charge is 0.493 e. The Hall–Kier alpha value is -4.05. The molecule has 0 unspecified atom stereocenters. The number of nitrogens with one attached hydrogen (secondary N) is 2. The molecule has 9 nitrogen and oxygen atoms in total. The Balaban J connectivity index is 1.99. The Morgan fingerprint density at radius 1 is 0.895 bits per heavy atom. The summed E-state index contributed by atoms with van der Waals surface area (Å²) in [5.74, 6) is -0.283. The lowest BCUT2D eigenvalue weighted by molar-refractivity contribution is -0.114. The van der Waals surface area contributed by atoms with Gasteiger partial charge in [-0.25, -0.2) is 8.42 Å². The third-order valence-corrected chi connectivity index (χ3v) is 7.27. The van der Waals surface area contributed by atoms with E-state index >= 15 is 0 Å². The highest BCUT2D eigenvalue weighted by atomic mass is 32.2. The minimum atomic E-state index is -4.16. The zero-order valence-corrected chi connectivity index (χ0v) is 23.2. The minimum absolute atomic E-state index is 0.0237. The summed E-state index contributed by atoms with van der Waals surface area (Å²) >= 11 is 0. The number of hydrogen-bond donors (Lipinski definition) is 2. The molecule has 0 bridgehead atoms. The van der Waals surface area contributed by atoms with Gasteiger partial charge in [-0.1, -0.05) is 29.8 Å².